The number of unbranched alkanes of at least 4 members (excludes halogenated alkanes) is 1. The number of anilines is 1. The molecule has 30 heavy (non-hydrogen) atoms. The van der Waals surface area contributed by atoms with Crippen LogP contribution < -0.4 is 19.5 Å². The van der Waals surface area contributed by atoms with E-state index in [-0.39, 0.29) is 5.91 Å². The van der Waals surface area contributed by atoms with Crippen molar-refractivity contribution in [3.63, 3.8) is 0 Å². The highest BCUT2D eigenvalue weighted by Gasteiger charge is 2.07. The molecule has 0 fully saturated rings. The third-order valence-corrected chi connectivity index (χ3v) is 4.36. The molecule has 0 spiro atoms. The monoisotopic (exact) mass is 405 g/mol. The lowest BCUT2D eigenvalue weighted by atomic mass is 10.2. The molecule has 0 bridgehead atoms. The van der Waals surface area contributed by atoms with Crippen molar-refractivity contribution in [2.45, 2.75) is 19.8 Å². The van der Waals surface area contributed by atoms with Crippen LogP contribution in [-0.2, 0) is 0 Å². The van der Waals surface area contributed by atoms with Gasteiger partial charge in [0.25, 0.3) is 5.91 Å². The standard InChI is InChI=1S/C25H27NO4/c1-2-3-17-28-23-13-9-20(10-14-23)25(27)26-21-11-15-24(16-12-21)30-19-18-29-22-7-5-4-6-8-22/h4-16H,2-3,17-19H2,1H3,(H,26,27). The van der Waals surface area contributed by atoms with Crippen LogP contribution in [0.3, 0.4) is 0 Å². The Bertz CT molecular complexity index is 893. The molecule has 0 aliphatic heterocycles. The van der Waals surface area contributed by atoms with Gasteiger partial charge in [0.15, 0.2) is 0 Å². The number of amides is 1. The molecule has 0 saturated heterocycles. The van der Waals surface area contributed by atoms with Gasteiger partial charge in [-0.05, 0) is 67.1 Å². The van der Waals surface area contributed by atoms with Crippen LogP contribution in [0, 0.1) is 0 Å². The van der Waals surface area contributed by atoms with E-state index in [4.69, 9.17) is 14.2 Å². The number of benzene rings is 3. The van der Waals surface area contributed by atoms with Gasteiger partial charge in [0.2, 0.25) is 0 Å². The predicted molar refractivity (Wildman–Crippen MR) is 119 cm³/mol. The van der Waals surface area contributed by atoms with Gasteiger partial charge < -0.3 is 19.5 Å². The number of hydrogen-bond acceptors (Lipinski definition) is 4. The van der Waals surface area contributed by atoms with Crippen molar-refractivity contribution in [3.8, 4) is 17.2 Å². The molecular weight excluding hydrogens is 378 g/mol. The summed E-state index contributed by atoms with van der Waals surface area (Å²) in [5, 5.41) is 2.89. The van der Waals surface area contributed by atoms with Crippen LogP contribution in [-0.4, -0.2) is 25.7 Å². The lowest BCUT2D eigenvalue weighted by Crippen LogP contribution is -2.12. The summed E-state index contributed by atoms with van der Waals surface area (Å²) < 4.78 is 16.9. The smallest absolute Gasteiger partial charge is 0.255 e. The molecule has 5 nitrogen and oxygen atoms in total. The Labute approximate surface area is 177 Å². The number of rotatable bonds is 11. The third-order valence-electron chi connectivity index (χ3n) is 4.36. The molecule has 0 aromatic heterocycles. The molecule has 3 aromatic carbocycles. The highest BCUT2D eigenvalue weighted by atomic mass is 16.5. The van der Waals surface area contributed by atoms with E-state index >= 15 is 0 Å². The van der Waals surface area contributed by atoms with Gasteiger partial charge in [-0.15, -0.1) is 0 Å². The van der Waals surface area contributed by atoms with Crippen LogP contribution in [0.25, 0.3) is 0 Å². The molecule has 1 amide bonds. The summed E-state index contributed by atoms with van der Waals surface area (Å²) in [6.07, 6.45) is 2.10. The van der Waals surface area contributed by atoms with Crippen molar-refractivity contribution in [2.24, 2.45) is 0 Å². The van der Waals surface area contributed by atoms with E-state index in [9.17, 15) is 4.79 Å². The Morgan fingerprint density at radius 2 is 1.23 bits per heavy atom. The van der Waals surface area contributed by atoms with Crippen molar-refractivity contribution < 1.29 is 19.0 Å². The second-order valence-corrected chi connectivity index (χ2v) is 6.71. The highest BCUT2D eigenvalue weighted by Crippen LogP contribution is 2.18. The number of nitrogens with one attached hydrogen (secondary N) is 1. The van der Waals surface area contributed by atoms with E-state index in [0.29, 0.717) is 31.1 Å². The lowest BCUT2D eigenvalue weighted by molar-refractivity contribution is 0.102. The van der Waals surface area contributed by atoms with Crippen molar-refractivity contribution in [2.75, 3.05) is 25.1 Å². The number of hydrogen-bond donors (Lipinski definition) is 1. The molecule has 0 aliphatic carbocycles. The number of para-hydroxylation sites is 1. The second kappa shape index (κ2) is 11.5. The topological polar surface area (TPSA) is 56.8 Å². The first-order chi connectivity index (χ1) is 14.7. The fourth-order valence-corrected chi connectivity index (χ4v) is 2.71. The zero-order valence-corrected chi connectivity index (χ0v) is 17.2. The van der Waals surface area contributed by atoms with E-state index in [2.05, 4.69) is 12.2 Å². The maximum atomic E-state index is 12.4. The molecule has 1 N–H and O–H groups in total. The largest absolute Gasteiger partial charge is 0.494 e. The molecule has 0 atom stereocenters. The van der Waals surface area contributed by atoms with Crippen molar-refractivity contribution in [1.29, 1.82) is 0 Å². The van der Waals surface area contributed by atoms with Gasteiger partial charge in [0.05, 0.1) is 6.61 Å². The molecule has 156 valence electrons. The van der Waals surface area contributed by atoms with E-state index in [1.54, 1.807) is 12.1 Å². The minimum Gasteiger partial charge on any atom is -0.494 e. The van der Waals surface area contributed by atoms with Crippen molar-refractivity contribution in [1.82, 2.24) is 0 Å². The Hall–Kier alpha value is -3.47. The summed E-state index contributed by atoms with van der Waals surface area (Å²) in [6, 6.07) is 24.1. The van der Waals surface area contributed by atoms with Gasteiger partial charge in [-0.3, -0.25) is 4.79 Å². The fourth-order valence-electron chi connectivity index (χ4n) is 2.71. The molecule has 0 unspecified atom stereocenters. The van der Waals surface area contributed by atoms with Gasteiger partial charge in [-0.2, -0.15) is 0 Å². The zero-order valence-electron chi connectivity index (χ0n) is 17.2. The summed E-state index contributed by atoms with van der Waals surface area (Å²) in [5.74, 6) is 2.15. The van der Waals surface area contributed by atoms with Crippen LogP contribution >= 0.6 is 0 Å². The van der Waals surface area contributed by atoms with E-state index in [1.807, 2.05) is 66.7 Å². The predicted octanol–water partition coefficient (Wildman–Crippen LogP) is 5.58. The molecular formula is C25H27NO4. The van der Waals surface area contributed by atoms with Crippen molar-refractivity contribution in [3.05, 3.63) is 84.4 Å². The average Bonchev–Trinajstić information content (AvgIpc) is 2.79. The normalized spacial score (nSPS) is 10.3. The van der Waals surface area contributed by atoms with E-state index in [1.165, 1.54) is 0 Å². The Balaban J connectivity index is 1.42. The zero-order chi connectivity index (χ0) is 21.0. The van der Waals surface area contributed by atoms with Crippen LogP contribution in [0.4, 0.5) is 5.69 Å². The van der Waals surface area contributed by atoms with Gasteiger partial charge in [-0.25, -0.2) is 0 Å². The maximum Gasteiger partial charge on any atom is 0.255 e. The quantitative estimate of drug-likeness (QED) is 0.423. The maximum absolute atomic E-state index is 12.4. The SMILES string of the molecule is CCCCOc1ccc(C(=O)Nc2ccc(OCCOc3ccccc3)cc2)cc1. The van der Waals surface area contributed by atoms with Gasteiger partial charge in [0.1, 0.15) is 30.5 Å². The van der Waals surface area contributed by atoms with Crippen LogP contribution in [0.1, 0.15) is 30.1 Å². The van der Waals surface area contributed by atoms with Gasteiger partial charge in [-0.1, -0.05) is 31.5 Å². The second-order valence-electron chi connectivity index (χ2n) is 6.71. The van der Waals surface area contributed by atoms with Crippen LogP contribution in [0.15, 0.2) is 78.9 Å². The summed E-state index contributed by atoms with van der Waals surface area (Å²) in [6.45, 7) is 3.71. The Kier molecular flexibility index (Phi) is 8.15. The molecule has 3 aromatic rings. The first-order valence-corrected chi connectivity index (χ1v) is 10.2. The third kappa shape index (κ3) is 6.85. The highest BCUT2D eigenvalue weighted by molar-refractivity contribution is 6.04. The number of carbonyl (C=O) groups excluding carboxylic acids is 1. The molecule has 0 aliphatic rings. The van der Waals surface area contributed by atoms with E-state index < -0.39 is 0 Å². The minimum atomic E-state index is -0.167. The molecule has 5 heteroatoms. The number of carbonyl (C=O) groups is 1. The van der Waals surface area contributed by atoms with Crippen LogP contribution in [0.2, 0.25) is 0 Å². The van der Waals surface area contributed by atoms with Crippen molar-refractivity contribution >= 4 is 11.6 Å². The first-order valence-electron chi connectivity index (χ1n) is 10.2. The molecule has 0 heterocycles. The molecule has 0 radical (unpaired) electrons. The summed E-state index contributed by atoms with van der Waals surface area (Å²) in [4.78, 5) is 12.4. The summed E-state index contributed by atoms with van der Waals surface area (Å²) in [7, 11) is 0. The first kappa shape index (κ1) is 21.2. The fraction of sp³-hybridized carbons (Fsp3) is 0.240. The minimum absolute atomic E-state index is 0.167. The molecule has 0 saturated carbocycles. The summed E-state index contributed by atoms with van der Waals surface area (Å²) >= 11 is 0. The number of ether oxygens (including phenoxy) is 3. The van der Waals surface area contributed by atoms with Crippen LogP contribution in [0.5, 0.6) is 17.2 Å². The van der Waals surface area contributed by atoms with Gasteiger partial charge >= 0.3 is 0 Å². The Morgan fingerprint density at radius 3 is 1.83 bits per heavy atom. The van der Waals surface area contributed by atoms with Gasteiger partial charge in [0, 0.05) is 11.3 Å². The Morgan fingerprint density at radius 1 is 0.700 bits per heavy atom. The van der Waals surface area contributed by atoms with E-state index in [0.717, 1.165) is 30.1 Å². The molecule has 3 rings (SSSR count). The lowest BCUT2D eigenvalue weighted by Gasteiger charge is -2.10. The summed E-state index contributed by atoms with van der Waals surface area (Å²) in [5.41, 5.74) is 1.28. The average molecular weight is 405 g/mol.